The molecule has 9 nitrogen and oxygen atoms in total. The van der Waals surface area contributed by atoms with Crippen LogP contribution in [-0.4, -0.2) is 72.2 Å². The van der Waals surface area contributed by atoms with Crippen LogP contribution < -0.4 is 15.0 Å². The average molecular weight is 646 g/mol. The highest BCUT2D eigenvalue weighted by atomic mass is 35.5. The van der Waals surface area contributed by atoms with Crippen molar-refractivity contribution in [2.75, 3.05) is 49.6 Å². The average Bonchev–Trinajstić information content (AvgIpc) is 3.08. The lowest BCUT2D eigenvalue weighted by atomic mass is 10.0. The number of hydrogen-bond acceptors (Lipinski definition) is 6. The van der Waals surface area contributed by atoms with Crippen LogP contribution >= 0.6 is 12.4 Å². The van der Waals surface area contributed by atoms with Gasteiger partial charge in [0.15, 0.2) is 0 Å². The van der Waals surface area contributed by atoms with Gasteiger partial charge < -0.3 is 19.7 Å². The Balaban J connectivity index is 0.00000417. The van der Waals surface area contributed by atoms with E-state index < -0.39 is 0 Å². The maximum Gasteiger partial charge on any atom is 0.326 e. The number of rotatable bonds is 8. The van der Waals surface area contributed by atoms with Crippen LogP contribution in [0, 0.1) is 5.82 Å². The van der Waals surface area contributed by atoms with Crippen molar-refractivity contribution in [2.24, 2.45) is 0 Å². The quantitative estimate of drug-likeness (QED) is 0.232. The number of hydrogen-bond donors (Lipinski definition) is 1. The number of likely N-dealkylation sites (tertiary alicyclic amines) is 1. The smallest absolute Gasteiger partial charge is 0.326 e. The van der Waals surface area contributed by atoms with Gasteiger partial charge in [0.2, 0.25) is 5.88 Å². The summed E-state index contributed by atoms with van der Waals surface area (Å²) in [5, 5.41) is 2.93. The van der Waals surface area contributed by atoms with Gasteiger partial charge in [-0.2, -0.15) is 0 Å². The molecule has 2 aliphatic heterocycles. The molecule has 1 N–H and O–H groups in total. The zero-order valence-electron chi connectivity index (χ0n) is 25.4. The number of carbonyl (C=O) groups excluding carboxylic acids is 2. The second-order valence-corrected chi connectivity index (χ2v) is 11.2. The lowest BCUT2D eigenvalue weighted by Gasteiger charge is -2.38. The van der Waals surface area contributed by atoms with E-state index in [-0.39, 0.29) is 36.2 Å². The number of carbonyl (C=O) groups is 2. The van der Waals surface area contributed by atoms with Gasteiger partial charge in [-0.3, -0.25) is 14.6 Å². The molecule has 2 saturated heterocycles. The minimum atomic E-state index is -0.346. The third kappa shape index (κ3) is 8.39. The summed E-state index contributed by atoms with van der Waals surface area (Å²) < 4.78 is 24.6. The van der Waals surface area contributed by atoms with Gasteiger partial charge in [-0.05, 0) is 79.1 Å². The third-order valence-electron chi connectivity index (χ3n) is 8.10. The monoisotopic (exact) mass is 645 g/mol. The van der Waals surface area contributed by atoms with E-state index in [4.69, 9.17) is 9.47 Å². The largest absolute Gasteiger partial charge is 0.439 e. The number of pyridine rings is 1. The molecule has 0 aliphatic carbocycles. The molecule has 0 atom stereocenters. The molecule has 0 spiro atoms. The number of benzene rings is 3. The molecule has 3 amide bonds. The lowest BCUT2D eigenvalue weighted by molar-refractivity contribution is 0.0303. The van der Waals surface area contributed by atoms with Crippen LogP contribution in [-0.2, 0) is 11.3 Å². The Morgan fingerprint density at radius 2 is 1.59 bits per heavy atom. The second-order valence-electron chi connectivity index (χ2n) is 11.2. The van der Waals surface area contributed by atoms with Gasteiger partial charge >= 0.3 is 6.03 Å². The molecular formula is C35H37ClFN5O4. The minimum Gasteiger partial charge on any atom is -0.439 e. The van der Waals surface area contributed by atoms with Crippen LogP contribution in [0.4, 0.5) is 20.6 Å². The van der Waals surface area contributed by atoms with E-state index in [1.165, 1.54) is 12.1 Å². The molecule has 0 bridgehead atoms. The Morgan fingerprint density at radius 1 is 0.891 bits per heavy atom. The predicted molar refractivity (Wildman–Crippen MR) is 177 cm³/mol. The van der Waals surface area contributed by atoms with Crippen LogP contribution in [0.15, 0.2) is 97.2 Å². The van der Waals surface area contributed by atoms with Crippen LogP contribution in [0.5, 0.6) is 11.6 Å². The fourth-order valence-corrected chi connectivity index (χ4v) is 5.69. The molecule has 2 aliphatic rings. The molecule has 0 radical (unpaired) electrons. The van der Waals surface area contributed by atoms with Crippen molar-refractivity contribution >= 4 is 35.7 Å². The number of anilines is 2. The number of ether oxygens (including phenoxy) is 2. The molecule has 46 heavy (non-hydrogen) atoms. The summed E-state index contributed by atoms with van der Waals surface area (Å²) in [7, 11) is 0. The standard InChI is InChI=1S/C35H36FN5O4.ClH/c36-28-9-11-29(12-10-28)38-35(43)41(30-4-2-1-3-5-30)31-16-18-39(19-17-31)25-26-6-15-33(37-24-26)45-32-13-7-27(8-14-32)34(42)40-20-22-44-23-21-40;/h1-15,24,31H,16-23,25H2,(H,38,43);1H. The maximum absolute atomic E-state index is 13.4. The first kappa shape index (κ1) is 32.9. The summed E-state index contributed by atoms with van der Waals surface area (Å²) >= 11 is 0. The van der Waals surface area contributed by atoms with Crippen molar-refractivity contribution in [3.8, 4) is 11.6 Å². The number of morpholine rings is 1. The molecule has 11 heteroatoms. The molecule has 240 valence electrons. The number of para-hydroxylation sites is 1. The minimum absolute atomic E-state index is 0. The zero-order valence-corrected chi connectivity index (χ0v) is 26.2. The second kappa shape index (κ2) is 15.7. The summed E-state index contributed by atoms with van der Waals surface area (Å²) in [6, 6.07) is 26.2. The van der Waals surface area contributed by atoms with Crippen LogP contribution in [0.3, 0.4) is 0 Å². The van der Waals surface area contributed by atoms with Crippen molar-refractivity contribution in [1.82, 2.24) is 14.8 Å². The highest BCUT2D eigenvalue weighted by molar-refractivity contribution is 6.02. The molecule has 1 aromatic heterocycles. The summed E-state index contributed by atoms with van der Waals surface area (Å²) in [6.45, 7) is 4.74. The lowest BCUT2D eigenvalue weighted by Crippen LogP contribution is -2.49. The number of urea groups is 1. The molecule has 0 saturated carbocycles. The Hall–Kier alpha value is -4.51. The van der Waals surface area contributed by atoms with E-state index in [0.29, 0.717) is 49.2 Å². The summed E-state index contributed by atoms with van der Waals surface area (Å²) in [5.74, 6) is 0.747. The highest BCUT2D eigenvalue weighted by Crippen LogP contribution is 2.26. The topological polar surface area (TPSA) is 87.2 Å². The Bertz CT molecular complexity index is 1560. The van der Waals surface area contributed by atoms with Crippen molar-refractivity contribution in [1.29, 1.82) is 0 Å². The van der Waals surface area contributed by atoms with E-state index >= 15 is 0 Å². The Kier molecular flexibility index (Phi) is 11.2. The molecule has 6 rings (SSSR count). The molecule has 4 aromatic rings. The summed E-state index contributed by atoms with van der Waals surface area (Å²) in [4.78, 5) is 36.6. The summed E-state index contributed by atoms with van der Waals surface area (Å²) in [6.07, 6.45) is 3.44. The molecule has 0 unspecified atom stereocenters. The van der Waals surface area contributed by atoms with Gasteiger partial charge in [-0.15, -0.1) is 12.4 Å². The van der Waals surface area contributed by atoms with Crippen molar-refractivity contribution in [3.05, 3.63) is 114 Å². The van der Waals surface area contributed by atoms with Gasteiger partial charge in [0.05, 0.1) is 13.2 Å². The van der Waals surface area contributed by atoms with Gasteiger partial charge in [0, 0.05) is 68.0 Å². The normalized spacial score (nSPS) is 15.5. The van der Waals surface area contributed by atoms with E-state index in [0.717, 1.165) is 43.7 Å². The zero-order chi connectivity index (χ0) is 31.0. The SMILES string of the molecule is Cl.O=C(c1ccc(Oc2ccc(CN3CCC(N(C(=O)Nc4ccc(F)cc4)c4ccccc4)CC3)cn2)cc1)N1CCOCC1. The third-order valence-corrected chi connectivity index (χ3v) is 8.10. The van der Waals surface area contributed by atoms with E-state index in [1.54, 1.807) is 41.3 Å². The number of nitrogens with zero attached hydrogens (tertiary/aromatic N) is 4. The van der Waals surface area contributed by atoms with E-state index in [1.807, 2.05) is 53.6 Å². The van der Waals surface area contributed by atoms with Gasteiger partial charge in [0.25, 0.3) is 5.91 Å². The predicted octanol–water partition coefficient (Wildman–Crippen LogP) is 6.61. The molecule has 3 aromatic carbocycles. The van der Waals surface area contributed by atoms with Crippen LogP contribution in [0.1, 0.15) is 28.8 Å². The number of nitrogens with one attached hydrogen (secondary N) is 1. The molecule has 2 fully saturated rings. The van der Waals surface area contributed by atoms with Crippen LogP contribution in [0.25, 0.3) is 0 Å². The fourth-order valence-electron chi connectivity index (χ4n) is 5.69. The van der Waals surface area contributed by atoms with Crippen molar-refractivity contribution in [2.45, 2.75) is 25.4 Å². The Labute approximate surface area is 274 Å². The van der Waals surface area contributed by atoms with Crippen LogP contribution in [0.2, 0.25) is 0 Å². The highest BCUT2D eigenvalue weighted by Gasteiger charge is 2.29. The number of halogens is 2. The van der Waals surface area contributed by atoms with Gasteiger partial charge in [0.1, 0.15) is 11.6 Å². The van der Waals surface area contributed by atoms with Gasteiger partial charge in [-0.25, -0.2) is 14.2 Å². The first-order valence-corrected chi connectivity index (χ1v) is 15.2. The number of piperidine rings is 1. The van der Waals surface area contributed by atoms with E-state index in [9.17, 15) is 14.0 Å². The fraction of sp³-hybridized carbons (Fsp3) is 0.286. The molecular weight excluding hydrogens is 609 g/mol. The summed E-state index contributed by atoms with van der Waals surface area (Å²) in [5.41, 5.74) is 3.07. The Morgan fingerprint density at radius 3 is 2.24 bits per heavy atom. The first-order chi connectivity index (χ1) is 22.0. The molecule has 3 heterocycles. The van der Waals surface area contributed by atoms with Crippen molar-refractivity contribution in [3.63, 3.8) is 0 Å². The number of aromatic nitrogens is 1. The maximum atomic E-state index is 13.4. The van der Waals surface area contributed by atoms with E-state index in [2.05, 4.69) is 15.2 Å². The number of amides is 3. The first-order valence-electron chi connectivity index (χ1n) is 15.2. The van der Waals surface area contributed by atoms with Crippen molar-refractivity contribution < 1.29 is 23.5 Å². The van der Waals surface area contributed by atoms with Gasteiger partial charge in [-0.1, -0.05) is 24.3 Å².